The molecular formula is C13H12N4O2S. The zero-order valence-electron chi connectivity index (χ0n) is 11.0. The third kappa shape index (κ3) is 2.16. The number of hydrogen-bond acceptors (Lipinski definition) is 5. The Morgan fingerprint density at radius 2 is 2.15 bits per heavy atom. The highest BCUT2D eigenvalue weighted by Gasteiger charge is 2.09. The fourth-order valence-corrected chi connectivity index (χ4v) is 2.24. The van der Waals surface area contributed by atoms with Gasteiger partial charge < -0.3 is 4.74 Å². The fraction of sp³-hybridized carbons (Fsp3) is 0.154. The number of fused-ring (bicyclic) bond motifs is 1. The van der Waals surface area contributed by atoms with E-state index in [0.29, 0.717) is 16.6 Å². The first kappa shape index (κ1) is 12.7. The van der Waals surface area contributed by atoms with Gasteiger partial charge in [0, 0.05) is 11.6 Å². The van der Waals surface area contributed by atoms with E-state index in [4.69, 9.17) is 4.74 Å². The van der Waals surface area contributed by atoms with Gasteiger partial charge in [-0.3, -0.25) is 9.89 Å². The van der Waals surface area contributed by atoms with Crippen LogP contribution in [0.15, 0.2) is 40.3 Å². The van der Waals surface area contributed by atoms with Crippen LogP contribution in [0.4, 0.5) is 0 Å². The Morgan fingerprint density at radius 1 is 1.30 bits per heavy atom. The minimum Gasteiger partial charge on any atom is -0.497 e. The van der Waals surface area contributed by atoms with Crippen LogP contribution in [-0.4, -0.2) is 32.9 Å². The number of benzene rings is 1. The molecule has 1 aromatic carbocycles. The summed E-state index contributed by atoms with van der Waals surface area (Å²) in [6.07, 6.45) is 1.88. The van der Waals surface area contributed by atoms with Crippen LogP contribution in [0.1, 0.15) is 0 Å². The van der Waals surface area contributed by atoms with E-state index in [1.807, 2.05) is 30.5 Å². The lowest BCUT2D eigenvalue weighted by Gasteiger charge is -2.03. The maximum absolute atomic E-state index is 12.1. The van der Waals surface area contributed by atoms with Crippen LogP contribution < -0.4 is 10.3 Å². The fourth-order valence-electron chi connectivity index (χ4n) is 1.88. The molecule has 0 radical (unpaired) electrons. The standard InChI is InChI=1S/C13H12N4O2S/c1-19-9-5-3-4-8(6-9)10-7-11(18)17-12(14-10)15-13(16-17)20-2/h3-7H,1-2H3,(H,14,15,16). The summed E-state index contributed by atoms with van der Waals surface area (Å²) >= 11 is 1.42. The SMILES string of the molecule is COc1cccc(-c2cc(=O)n3[nH]c(SC)nc3n2)c1. The summed E-state index contributed by atoms with van der Waals surface area (Å²) in [5.41, 5.74) is 1.20. The highest BCUT2D eigenvalue weighted by Crippen LogP contribution is 2.21. The molecule has 102 valence electrons. The number of nitrogens with zero attached hydrogens (tertiary/aromatic N) is 3. The summed E-state index contributed by atoms with van der Waals surface area (Å²) < 4.78 is 6.51. The molecule has 0 atom stereocenters. The minimum absolute atomic E-state index is 0.194. The summed E-state index contributed by atoms with van der Waals surface area (Å²) in [4.78, 5) is 20.7. The molecule has 3 rings (SSSR count). The van der Waals surface area contributed by atoms with E-state index < -0.39 is 0 Å². The smallest absolute Gasteiger partial charge is 0.274 e. The quantitative estimate of drug-likeness (QED) is 0.744. The molecule has 0 saturated heterocycles. The molecule has 0 aliphatic heterocycles. The van der Waals surface area contributed by atoms with Crippen molar-refractivity contribution in [3.05, 3.63) is 40.7 Å². The summed E-state index contributed by atoms with van der Waals surface area (Å²) in [5.74, 6) is 1.08. The average Bonchev–Trinajstić information content (AvgIpc) is 2.91. The summed E-state index contributed by atoms with van der Waals surface area (Å²) in [6.45, 7) is 0. The van der Waals surface area contributed by atoms with E-state index in [2.05, 4.69) is 15.1 Å². The van der Waals surface area contributed by atoms with Crippen molar-refractivity contribution < 1.29 is 4.74 Å². The van der Waals surface area contributed by atoms with E-state index in [-0.39, 0.29) is 5.56 Å². The van der Waals surface area contributed by atoms with Crippen LogP contribution in [0.3, 0.4) is 0 Å². The maximum Gasteiger partial charge on any atom is 0.274 e. The number of methoxy groups -OCH3 is 1. The molecule has 7 heteroatoms. The predicted octanol–water partition coefficient (Wildman–Crippen LogP) is 1.82. The number of thioether (sulfide) groups is 1. The van der Waals surface area contributed by atoms with Crippen molar-refractivity contribution in [2.75, 3.05) is 13.4 Å². The summed E-state index contributed by atoms with van der Waals surface area (Å²) in [7, 11) is 1.60. The first-order valence-electron chi connectivity index (χ1n) is 5.89. The van der Waals surface area contributed by atoms with Crippen LogP contribution in [0.2, 0.25) is 0 Å². The zero-order valence-corrected chi connectivity index (χ0v) is 11.8. The van der Waals surface area contributed by atoms with Crippen molar-refractivity contribution >= 4 is 17.5 Å². The van der Waals surface area contributed by atoms with Crippen molar-refractivity contribution in [1.82, 2.24) is 19.6 Å². The number of H-pyrrole nitrogens is 1. The number of nitrogens with one attached hydrogen (secondary N) is 1. The van der Waals surface area contributed by atoms with Gasteiger partial charge in [-0.2, -0.15) is 9.50 Å². The first-order chi connectivity index (χ1) is 9.71. The van der Waals surface area contributed by atoms with Crippen molar-refractivity contribution in [2.45, 2.75) is 5.16 Å². The lowest BCUT2D eigenvalue weighted by molar-refractivity contribution is 0.415. The van der Waals surface area contributed by atoms with Crippen molar-refractivity contribution in [1.29, 1.82) is 0 Å². The Balaban J connectivity index is 2.18. The molecule has 6 nitrogen and oxygen atoms in total. The zero-order chi connectivity index (χ0) is 14.1. The van der Waals surface area contributed by atoms with Gasteiger partial charge in [-0.15, -0.1) is 0 Å². The van der Waals surface area contributed by atoms with Crippen LogP contribution in [0, 0.1) is 0 Å². The Bertz CT molecular complexity index is 825. The molecule has 2 heterocycles. The second-order valence-corrected chi connectivity index (χ2v) is 4.87. The molecule has 1 N–H and O–H groups in total. The number of aromatic amines is 1. The number of ether oxygens (including phenoxy) is 1. The molecule has 2 aromatic heterocycles. The first-order valence-corrected chi connectivity index (χ1v) is 7.12. The minimum atomic E-state index is -0.194. The van der Waals surface area contributed by atoms with Crippen molar-refractivity contribution in [3.8, 4) is 17.0 Å². The van der Waals surface area contributed by atoms with Crippen LogP contribution in [-0.2, 0) is 0 Å². The third-order valence-electron chi connectivity index (χ3n) is 2.87. The molecular weight excluding hydrogens is 276 g/mol. The number of hydrogen-bond donors (Lipinski definition) is 1. The van der Waals surface area contributed by atoms with Gasteiger partial charge >= 0.3 is 0 Å². The number of rotatable bonds is 3. The van der Waals surface area contributed by atoms with E-state index in [1.54, 1.807) is 7.11 Å². The summed E-state index contributed by atoms with van der Waals surface area (Å²) in [6, 6.07) is 8.89. The van der Waals surface area contributed by atoms with Gasteiger partial charge in [0.15, 0.2) is 5.16 Å². The second kappa shape index (κ2) is 5.01. The normalized spacial score (nSPS) is 10.9. The largest absolute Gasteiger partial charge is 0.497 e. The maximum atomic E-state index is 12.1. The van der Waals surface area contributed by atoms with Crippen LogP contribution in [0.5, 0.6) is 5.75 Å². The van der Waals surface area contributed by atoms with E-state index in [0.717, 1.165) is 11.3 Å². The van der Waals surface area contributed by atoms with Gasteiger partial charge in [0.25, 0.3) is 11.3 Å². The molecule has 0 amide bonds. The molecule has 0 bridgehead atoms. The second-order valence-electron chi connectivity index (χ2n) is 4.08. The van der Waals surface area contributed by atoms with E-state index in [9.17, 15) is 4.79 Å². The number of aromatic nitrogens is 4. The van der Waals surface area contributed by atoms with Gasteiger partial charge in [-0.1, -0.05) is 23.9 Å². The van der Waals surface area contributed by atoms with E-state index >= 15 is 0 Å². The Labute approximate surface area is 118 Å². The van der Waals surface area contributed by atoms with E-state index in [1.165, 1.54) is 22.3 Å². The Kier molecular flexibility index (Phi) is 3.19. The molecule has 0 spiro atoms. The van der Waals surface area contributed by atoms with Crippen LogP contribution >= 0.6 is 11.8 Å². The van der Waals surface area contributed by atoms with Crippen molar-refractivity contribution in [3.63, 3.8) is 0 Å². The van der Waals surface area contributed by atoms with Gasteiger partial charge in [-0.25, -0.2) is 4.98 Å². The lowest BCUT2D eigenvalue weighted by atomic mass is 10.1. The van der Waals surface area contributed by atoms with Gasteiger partial charge in [0.05, 0.1) is 12.8 Å². The molecule has 0 unspecified atom stereocenters. The van der Waals surface area contributed by atoms with Gasteiger partial charge in [0.2, 0.25) is 0 Å². The summed E-state index contributed by atoms with van der Waals surface area (Å²) in [5, 5.41) is 3.53. The molecule has 0 aliphatic carbocycles. The van der Waals surface area contributed by atoms with Gasteiger partial charge in [-0.05, 0) is 18.4 Å². The Hall–Kier alpha value is -2.28. The molecule has 0 fully saturated rings. The molecule has 20 heavy (non-hydrogen) atoms. The topological polar surface area (TPSA) is 72.3 Å². The average molecular weight is 288 g/mol. The third-order valence-corrected chi connectivity index (χ3v) is 3.44. The highest BCUT2D eigenvalue weighted by molar-refractivity contribution is 7.98. The highest BCUT2D eigenvalue weighted by atomic mass is 32.2. The Morgan fingerprint density at radius 3 is 2.90 bits per heavy atom. The van der Waals surface area contributed by atoms with Crippen molar-refractivity contribution in [2.24, 2.45) is 0 Å². The van der Waals surface area contributed by atoms with Gasteiger partial charge in [0.1, 0.15) is 5.75 Å². The lowest BCUT2D eigenvalue weighted by Crippen LogP contribution is -2.14. The molecule has 0 aliphatic rings. The van der Waals surface area contributed by atoms with Crippen LogP contribution in [0.25, 0.3) is 17.0 Å². The predicted molar refractivity (Wildman–Crippen MR) is 77.4 cm³/mol. The molecule has 3 aromatic rings. The monoisotopic (exact) mass is 288 g/mol. The molecule has 0 saturated carbocycles.